The zero-order valence-electron chi connectivity index (χ0n) is 14.9. The molecule has 28 heavy (non-hydrogen) atoms. The summed E-state index contributed by atoms with van der Waals surface area (Å²) in [4.78, 5) is 14.9. The van der Waals surface area contributed by atoms with E-state index in [1.807, 2.05) is 0 Å². The first-order chi connectivity index (χ1) is 13.4. The molecule has 7 heteroatoms. The number of carbonyl (C=O) groups excluding carboxylic acids is 1. The highest BCUT2D eigenvalue weighted by Crippen LogP contribution is 2.34. The first kappa shape index (κ1) is 18.6. The van der Waals surface area contributed by atoms with Gasteiger partial charge in [-0.2, -0.15) is 0 Å². The average Bonchev–Trinajstić information content (AvgIpc) is 3.45. The largest absolute Gasteiger partial charge is 0.383 e. The number of amides is 1. The van der Waals surface area contributed by atoms with Gasteiger partial charge >= 0.3 is 0 Å². The van der Waals surface area contributed by atoms with Gasteiger partial charge in [-0.05, 0) is 66.6 Å². The van der Waals surface area contributed by atoms with Crippen LogP contribution in [-0.4, -0.2) is 28.6 Å². The molecule has 1 saturated carbocycles. The number of halogens is 3. The Bertz CT molecular complexity index is 1030. The van der Waals surface area contributed by atoms with Crippen LogP contribution in [0.4, 0.5) is 13.2 Å². The highest BCUT2D eigenvalue weighted by atomic mass is 19.1. The monoisotopic (exact) mass is 388 g/mol. The van der Waals surface area contributed by atoms with Crippen LogP contribution in [0, 0.1) is 23.4 Å². The molecule has 1 aliphatic carbocycles. The lowest BCUT2D eigenvalue weighted by Gasteiger charge is -2.11. The third-order valence-corrected chi connectivity index (χ3v) is 5.08. The lowest BCUT2D eigenvalue weighted by molar-refractivity contribution is -0.130. The zero-order valence-corrected chi connectivity index (χ0v) is 14.9. The number of hydrogen-bond acceptors (Lipinski definition) is 2. The van der Waals surface area contributed by atoms with E-state index in [2.05, 4.69) is 10.3 Å². The Labute approximate surface area is 159 Å². The van der Waals surface area contributed by atoms with Gasteiger partial charge in [0.25, 0.3) is 0 Å². The summed E-state index contributed by atoms with van der Waals surface area (Å²) >= 11 is 0. The number of benzene rings is 2. The Kier molecular flexibility index (Phi) is 4.85. The van der Waals surface area contributed by atoms with Crippen molar-refractivity contribution in [3.8, 4) is 11.3 Å². The Hall–Kier alpha value is -2.80. The smallest absolute Gasteiger partial charge is 0.249 e. The van der Waals surface area contributed by atoms with Gasteiger partial charge in [0.1, 0.15) is 23.6 Å². The zero-order chi connectivity index (χ0) is 19.8. The molecule has 146 valence electrons. The third-order valence-electron chi connectivity index (χ3n) is 5.08. The number of hydrogen-bond donors (Lipinski definition) is 3. The van der Waals surface area contributed by atoms with E-state index in [0.717, 1.165) is 18.9 Å². The highest BCUT2D eigenvalue weighted by Gasteiger charge is 2.34. The summed E-state index contributed by atoms with van der Waals surface area (Å²) in [6, 6.07) is 7.70. The van der Waals surface area contributed by atoms with E-state index in [0.29, 0.717) is 28.6 Å². The summed E-state index contributed by atoms with van der Waals surface area (Å²) in [5, 5.41) is 12.9. The van der Waals surface area contributed by atoms with Crippen LogP contribution in [0.3, 0.4) is 0 Å². The number of nitrogens with one attached hydrogen (secondary N) is 2. The third kappa shape index (κ3) is 3.62. The van der Waals surface area contributed by atoms with Crippen LogP contribution in [0.2, 0.25) is 0 Å². The molecule has 0 aliphatic heterocycles. The number of rotatable bonds is 6. The van der Waals surface area contributed by atoms with Crippen molar-refractivity contribution in [2.45, 2.75) is 25.4 Å². The van der Waals surface area contributed by atoms with Gasteiger partial charge in [-0.3, -0.25) is 4.79 Å². The summed E-state index contributed by atoms with van der Waals surface area (Å²) in [6.45, 7) is 0.196. The van der Waals surface area contributed by atoms with Gasteiger partial charge in [-0.15, -0.1) is 0 Å². The predicted octanol–water partition coefficient (Wildman–Crippen LogP) is 3.68. The fourth-order valence-electron chi connectivity index (χ4n) is 3.44. The Morgan fingerprint density at radius 2 is 1.86 bits per heavy atom. The predicted molar refractivity (Wildman–Crippen MR) is 99.1 cm³/mol. The van der Waals surface area contributed by atoms with Crippen molar-refractivity contribution in [1.29, 1.82) is 0 Å². The maximum absolute atomic E-state index is 14.2. The molecule has 0 bridgehead atoms. The topological polar surface area (TPSA) is 65.1 Å². The van der Waals surface area contributed by atoms with Crippen molar-refractivity contribution in [3.05, 3.63) is 59.4 Å². The van der Waals surface area contributed by atoms with E-state index in [1.54, 1.807) is 12.1 Å². The summed E-state index contributed by atoms with van der Waals surface area (Å²) in [7, 11) is 0. The minimum Gasteiger partial charge on any atom is -0.383 e. The average molecular weight is 388 g/mol. The van der Waals surface area contributed by atoms with Gasteiger partial charge < -0.3 is 15.4 Å². The van der Waals surface area contributed by atoms with E-state index >= 15 is 0 Å². The molecule has 1 aromatic heterocycles. The molecule has 1 amide bonds. The number of aromatic nitrogens is 1. The Balaban J connectivity index is 1.65. The summed E-state index contributed by atoms with van der Waals surface area (Å²) in [6.07, 6.45) is 0.947. The molecule has 1 heterocycles. The van der Waals surface area contributed by atoms with E-state index in [-0.39, 0.29) is 18.0 Å². The van der Waals surface area contributed by atoms with Crippen LogP contribution >= 0.6 is 0 Å². The first-order valence-corrected chi connectivity index (χ1v) is 9.15. The maximum Gasteiger partial charge on any atom is 0.249 e. The van der Waals surface area contributed by atoms with Crippen molar-refractivity contribution in [1.82, 2.24) is 10.3 Å². The molecule has 1 aliphatic rings. The van der Waals surface area contributed by atoms with Gasteiger partial charge in [0.2, 0.25) is 5.91 Å². The fraction of sp³-hybridized carbons (Fsp3) is 0.286. The molecular weight excluding hydrogens is 369 g/mol. The number of fused-ring (bicyclic) bond motifs is 1. The molecule has 3 N–H and O–H groups in total. The molecule has 0 spiro atoms. The van der Waals surface area contributed by atoms with Crippen LogP contribution in [0.5, 0.6) is 0 Å². The first-order valence-electron chi connectivity index (χ1n) is 9.15. The number of carbonyl (C=O) groups is 1. The molecule has 1 fully saturated rings. The van der Waals surface area contributed by atoms with Crippen molar-refractivity contribution in [2.75, 3.05) is 6.54 Å². The van der Waals surface area contributed by atoms with Gasteiger partial charge in [0.15, 0.2) is 0 Å². The maximum atomic E-state index is 14.2. The van der Waals surface area contributed by atoms with Crippen molar-refractivity contribution >= 4 is 16.8 Å². The molecule has 1 atom stereocenters. The molecule has 3 aromatic rings. The van der Waals surface area contributed by atoms with E-state index in [4.69, 9.17) is 0 Å². The quantitative estimate of drug-likeness (QED) is 0.603. The summed E-state index contributed by atoms with van der Waals surface area (Å²) in [5.41, 5.74) is 1.93. The number of aromatic amines is 1. The minimum absolute atomic E-state index is 0.0195. The Morgan fingerprint density at radius 1 is 1.14 bits per heavy atom. The molecule has 0 saturated heterocycles. The van der Waals surface area contributed by atoms with E-state index in [9.17, 15) is 23.1 Å². The number of aliphatic hydroxyl groups excluding tert-OH is 1. The van der Waals surface area contributed by atoms with Crippen LogP contribution in [0.1, 0.15) is 18.4 Å². The van der Waals surface area contributed by atoms with Gasteiger partial charge in [0.05, 0.1) is 5.52 Å². The van der Waals surface area contributed by atoms with Crippen LogP contribution in [-0.2, 0) is 11.2 Å². The number of H-pyrrole nitrogens is 1. The summed E-state index contributed by atoms with van der Waals surface area (Å²) < 4.78 is 41.3. The summed E-state index contributed by atoms with van der Waals surface area (Å²) in [5.74, 6) is -2.25. The van der Waals surface area contributed by atoms with E-state index in [1.165, 1.54) is 18.2 Å². The highest BCUT2D eigenvalue weighted by molar-refractivity contribution is 5.91. The molecule has 2 aromatic carbocycles. The lowest BCUT2D eigenvalue weighted by Crippen LogP contribution is -2.36. The van der Waals surface area contributed by atoms with Crippen LogP contribution in [0.25, 0.3) is 22.2 Å². The fourth-order valence-corrected chi connectivity index (χ4v) is 3.44. The van der Waals surface area contributed by atoms with Gasteiger partial charge in [0, 0.05) is 23.7 Å². The van der Waals surface area contributed by atoms with Gasteiger partial charge in [-0.1, -0.05) is 0 Å². The molecule has 4 nitrogen and oxygen atoms in total. The number of aliphatic hydroxyl groups is 1. The second kappa shape index (κ2) is 7.31. The molecule has 1 unspecified atom stereocenters. The van der Waals surface area contributed by atoms with Crippen molar-refractivity contribution < 1.29 is 23.1 Å². The molecular formula is C21H19F3N2O2. The van der Waals surface area contributed by atoms with E-state index < -0.39 is 29.5 Å². The SMILES string of the molecule is O=C(NCCc1c(-c2ccc(F)cc2)[nH]c2c(F)cc(F)cc12)C(O)C1CC1. The van der Waals surface area contributed by atoms with Crippen LogP contribution in [0.15, 0.2) is 36.4 Å². The normalized spacial score (nSPS) is 15.0. The molecule has 4 rings (SSSR count). The molecule has 0 radical (unpaired) electrons. The standard InChI is InChI=1S/C21H19F3N2O2/c22-13-5-3-11(4-6-13)18-15(7-8-25-21(28)20(27)12-1-2-12)16-9-14(23)10-17(24)19(16)26-18/h3-6,9-10,12,20,26-27H,1-2,7-8H2,(H,25,28). The van der Waals surface area contributed by atoms with Gasteiger partial charge in [-0.25, -0.2) is 13.2 Å². The Morgan fingerprint density at radius 3 is 2.54 bits per heavy atom. The van der Waals surface area contributed by atoms with Crippen molar-refractivity contribution in [2.24, 2.45) is 5.92 Å². The minimum atomic E-state index is -1.02. The van der Waals surface area contributed by atoms with Crippen LogP contribution < -0.4 is 5.32 Å². The second-order valence-electron chi connectivity index (χ2n) is 7.12. The second-order valence-corrected chi connectivity index (χ2v) is 7.12. The van der Waals surface area contributed by atoms with Crippen molar-refractivity contribution in [3.63, 3.8) is 0 Å². The lowest BCUT2D eigenvalue weighted by atomic mass is 10.0.